The van der Waals surface area contributed by atoms with Gasteiger partial charge in [0.1, 0.15) is 12.1 Å². The monoisotopic (exact) mass is 351 g/mol. The van der Waals surface area contributed by atoms with Gasteiger partial charge in [-0.15, -0.1) is 11.3 Å². The standard InChI is InChI=1S/C17H13N5O2S/c23-17(24-13-4-2-1-3-5-13)18-9-16-19-10-21-22(16)12-6-7-15-14(8-12)20-11-25-15/h1-8,10-11H,9H2,(H,18,23). The number of hydrogen-bond acceptors (Lipinski definition) is 6. The van der Waals surface area contributed by atoms with E-state index in [1.807, 2.05) is 24.3 Å². The molecule has 124 valence electrons. The molecule has 0 unspecified atom stereocenters. The second kappa shape index (κ2) is 6.70. The highest BCUT2D eigenvalue weighted by Gasteiger charge is 2.10. The van der Waals surface area contributed by atoms with Gasteiger partial charge >= 0.3 is 6.09 Å². The summed E-state index contributed by atoms with van der Waals surface area (Å²) in [6.45, 7) is 0.195. The fourth-order valence-electron chi connectivity index (χ4n) is 2.36. The Labute approximate surface area is 146 Å². The first kappa shape index (κ1) is 15.3. The van der Waals surface area contributed by atoms with Gasteiger partial charge in [-0.25, -0.2) is 19.4 Å². The van der Waals surface area contributed by atoms with Gasteiger partial charge in [-0.2, -0.15) is 5.10 Å². The molecule has 4 rings (SSSR count). The maximum absolute atomic E-state index is 11.9. The minimum atomic E-state index is -0.546. The van der Waals surface area contributed by atoms with Gasteiger partial charge in [0.25, 0.3) is 0 Å². The van der Waals surface area contributed by atoms with Crippen molar-refractivity contribution >= 4 is 27.6 Å². The van der Waals surface area contributed by atoms with Crippen molar-refractivity contribution in [1.29, 1.82) is 0 Å². The number of fused-ring (bicyclic) bond motifs is 1. The lowest BCUT2D eigenvalue weighted by Crippen LogP contribution is -2.27. The molecule has 2 aromatic heterocycles. The van der Waals surface area contributed by atoms with E-state index in [0.29, 0.717) is 11.6 Å². The Morgan fingerprint density at radius 1 is 1.16 bits per heavy atom. The van der Waals surface area contributed by atoms with Crippen molar-refractivity contribution in [3.8, 4) is 11.4 Å². The number of thiazole rings is 1. The number of benzene rings is 2. The first-order chi connectivity index (χ1) is 12.3. The van der Waals surface area contributed by atoms with Crippen LogP contribution >= 0.6 is 11.3 Å². The normalized spacial score (nSPS) is 10.7. The number of amides is 1. The molecule has 0 fully saturated rings. The molecule has 0 aliphatic heterocycles. The summed E-state index contributed by atoms with van der Waals surface area (Å²) in [6, 6.07) is 14.8. The van der Waals surface area contributed by atoms with Crippen LogP contribution in [0.15, 0.2) is 60.4 Å². The zero-order valence-electron chi connectivity index (χ0n) is 13.0. The molecular weight excluding hydrogens is 338 g/mol. The van der Waals surface area contributed by atoms with E-state index in [2.05, 4.69) is 20.4 Å². The van der Waals surface area contributed by atoms with Crippen LogP contribution in [0.4, 0.5) is 4.79 Å². The number of carbonyl (C=O) groups excluding carboxylic acids is 1. The summed E-state index contributed by atoms with van der Waals surface area (Å²) in [4.78, 5) is 20.4. The highest BCUT2D eigenvalue weighted by molar-refractivity contribution is 7.16. The molecule has 4 aromatic rings. The lowest BCUT2D eigenvalue weighted by molar-refractivity contribution is 0.199. The molecule has 0 aliphatic rings. The number of para-hydroxylation sites is 1. The maximum atomic E-state index is 11.9. The fourth-order valence-corrected chi connectivity index (χ4v) is 3.02. The van der Waals surface area contributed by atoms with Crippen LogP contribution < -0.4 is 10.1 Å². The van der Waals surface area contributed by atoms with Crippen molar-refractivity contribution in [1.82, 2.24) is 25.1 Å². The number of aromatic nitrogens is 4. The molecular formula is C17H13N5O2S. The van der Waals surface area contributed by atoms with E-state index in [1.165, 1.54) is 6.33 Å². The largest absolute Gasteiger partial charge is 0.412 e. The van der Waals surface area contributed by atoms with Gasteiger partial charge in [-0.3, -0.25) is 0 Å². The van der Waals surface area contributed by atoms with Gasteiger partial charge in [0.2, 0.25) is 0 Å². The van der Waals surface area contributed by atoms with Gasteiger partial charge < -0.3 is 10.1 Å². The first-order valence-corrected chi connectivity index (χ1v) is 8.41. The number of nitrogens with one attached hydrogen (secondary N) is 1. The lowest BCUT2D eigenvalue weighted by atomic mass is 10.3. The number of carbonyl (C=O) groups is 1. The summed E-state index contributed by atoms with van der Waals surface area (Å²) < 4.78 is 7.96. The molecule has 0 saturated heterocycles. The Bertz CT molecular complexity index is 1010. The summed E-state index contributed by atoms with van der Waals surface area (Å²) in [5.41, 5.74) is 3.54. The molecule has 0 saturated carbocycles. The highest BCUT2D eigenvalue weighted by atomic mass is 32.1. The van der Waals surface area contributed by atoms with E-state index >= 15 is 0 Å². The van der Waals surface area contributed by atoms with E-state index < -0.39 is 6.09 Å². The molecule has 7 nitrogen and oxygen atoms in total. The van der Waals surface area contributed by atoms with Gasteiger partial charge in [0, 0.05) is 0 Å². The Kier molecular flexibility index (Phi) is 4.09. The van der Waals surface area contributed by atoms with Crippen molar-refractivity contribution in [2.75, 3.05) is 0 Å². The Morgan fingerprint density at radius 3 is 2.92 bits per heavy atom. The van der Waals surface area contributed by atoms with Crippen molar-refractivity contribution in [3.05, 3.63) is 66.2 Å². The van der Waals surface area contributed by atoms with Crippen LogP contribution in [0.2, 0.25) is 0 Å². The third-order valence-electron chi connectivity index (χ3n) is 3.52. The molecule has 8 heteroatoms. The average Bonchev–Trinajstić information content (AvgIpc) is 3.29. The summed E-state index contributed by atoms with van der Waals surface area (Å²) >= 11 is 1.58. The van der Waals surface area contributed by atoms with Crippen LogP contribution in [0.1, 0.15) is 5.82 Å². The number of nitrogens with zero attached hydrogens (tertiary/aromatic N) is 4. The van der Waals surface area contributed by atoms with Crippen molar-refractivity contribution < 1.29 is 9.53 Å². The highest BCUT2D eigenvalue weighted by Crippen LogP contribution is 2.21. The summed E-state index contributed by atoms with van der Waals surface area (Å²) in [5.74, 6) is 1.08. The number of hydrogen-bond donors (Lipinski definition) is 1. The van der Waals surface area contributed by atoms with Crippen molar-refractivity contribution in [2.24, 2.45) is 0 Å². The smallest absolute Gasteiger partial charge is 0.410 e. The van der Waals surface area contributed by atoms with E-state index in [4.69, 9.17) is 4.74 Å². The predicted octanol–water partition coefficient (Wildman–Crippen LogP) is 3.17. The van der Waals surface area contributed by atoms with Crippen LogP contribution in [0.25, 0.3) is 15.9 Å². The van der Waals surface area contributed by atoms with E-state index in [9.17, 15) is 4.79 Å². The molecule has 25 heavy (non-hydrogen) atoms. The minimum Gasteiger partial charge on any atom is -0.410 e. The molecule has 0 aliphatic carbocycles. The third-order valence-corrected chi connectivity index (χ3v) is 4.33. The second-order valence-corrected chi connectivity index (χ2v) is 6.03. The zero-order valence-corrected chi connectivity index (χ0v) is 13.8. The van der Waals surface area contributed by atoms with Crippen LogP contribution in [-0.2, 0) is 6.54 Å². The minimum absolute atomic E-state index is 0.195. The molecule has 1 N–H and O–H groups in total. The molecule has 1 amide bonds. The van der Waals surface area contributed by atoms with E-state index in [-0.39, 0.29) is 6.54 Å². The SMILES string of the molecule is O=C(NCc1ncnn1-c1ccc2scnc2c1)Oc1ccccc1. The number of rotatable bonds is 4. The molecule has 0 atom stereocenters. The summed E-state index contributed by atoms with van der Waals surface area (Å²) in [6.07, 6.45) is 0.904. The Balaban J connectivity index is 1.47. The van der Waals surface area contributed by atoms with Crippen molar-refractivity contribution in [2.45, 2.75) is 6.54 Å². The van der Waals surface area contributed by atoms with Gasteiger partial charge in [0.05, 0.1) is 28.0 Å². The molecule has 0 radical (unpaired) electrons. The summed E-state index contributed by atoms with van der Waals surface area (Å²) in [7, 11) is 0. The van der Waals surface area contributed by atoms with E-state index in [0.717, 1.165) is 15.9 Å². The predicted molar refractivity (Wildman–Crippen MR) is 93.8 cm³/mol. The lowest BCUT2D eigenvalue weighted by Gasteiger charge is -2.08. The Hall–Kier alpha value is -3.26. The van der Waals surface area contributed by atoms with Crippen molar-refractivity contribution in [3.63, 3.8) is 0 Å². The van der Waals surface area contributed by atoms with Gasteiger partial charge in [-0.05, 0) is 30.3 Å². The molecule has 0 spiro atoms. The first-order valence-electron chi connectivity index (χ1n) is 7.53. The fraction of sp³-hybridized carbons (Fsp3) is 0.0588. The molecule has 0 bridgehead atoms. The average molecular weight is 351 g/mol. The van der Waals surface area contributed by atoms with Crippen LogP contribution in [0.5, 0.6) is 5.75 Å². The van der Waals surface area contributed by atoms with Crippen LogP contribution in [0, 0.1) is 0 Å². The summed E-state index contributed by atoms with van der Waals surface area (Å²) in [5, 5.41) is 6.91. The Morgan fingerprint density at radius 2 is 2.04 bits per heavy atom. The zero-order chi connectivity index (χ0) is 17.1. The van der Waals surface area contributed by atoms with E-state index in [1.54, 1.807) is 45.8 Å². The second-order valence-electron chi connectivity index (χ2n) is 5.15. The topological polar surface area (TPSA) is 81.9 Å². The van der Waals surface area contributed by atoms with Gasteiger partial charge in [-0.1, -0.05) is 18.2 Å². The number of ether oxygens (including phenoxy) is 1. The molecule has 2 aromatic carbocycles. The molecule has 2 heterocycles. The maximum Gasteiger partial charge on any atom is 0.412 e. The van der Waals surface area contributed by atoms with Gasteiger partial charge in [0.15, 0.2) is 5.82 Å². The quantitative estimate of drug-likeness (QED) is 0.611. The van der Waals surface area contributed by atoms with Crippen LogP contribution in [0.3, 0.4) is 0 Å². The van der Waals surface area contributed by atoms with Crippen LogP contribution in [-0.4, -0.2) is 25.8 Å². The third kappa shape index (κ3) is 3.33.